The number of benzene rings is 3. The quantitative estimate of drug-likeness (QED) is 0.443. The Labute approximate surface area is 167 Å². The lowest BCUT2D eigenvalue weighted by Crippen LogP contribution is -2.15. The maximum absolute atomic E-state index is 12.5. The van der Waals surface area contributed by atoms with Crippen molar-refractivity contribution in [3.05, 3.63) is 88.9 Å². The van der Waals surface area contributed by atoms with Crippen LogP contribution in [0.4, 0.5) is 11.4 Å². The topological polar surface area (TPSA) is 64.6 Å². The number of Topliss-reactive ketones (excluding diaryl/α,β-unsaturated/α-hetero) is 1. The summed E-state index contributed by atoms with van der Waals surface area (Å²) in [5, 5.41) is 3.49. The van der Waals surface area contributed by atoms with Crippen LogP contribution in [-0.2, 0) is 4.74 Å². The fourth-order valence-corrected chi connectivity index (χ4v) is 2.84. The second-order valence-corrected chi connectivity index (χ2v) is 6.29. The molecule has 0 spiro atoms. The third-order valence-electron chi connectivity index (χ3n) is 4.01. The predicted octanol–water partition coefficient (Wildman–Crippen LogP) is 5.13. The SMILES string of the molecule is COc1ccc(C(=O)COC(=O)c2ccccc2Nc2ccccc2)cc1Cl. The molecule has 5 nitrogen and oxygen atoms in total. The molecule has 0 saturated heterocycles. The number of methoxy groups -OCH3 is 1. The van der Waals surface area contributed by atoms with E-state index in [1.54, 1.807) is 30.3 Å². The summed E-state index contributed by atoms with van der Waals surface area (Å²) < 4.78 is 10.3. The number of rotatable bonds is 7. The van der Waals surface area contributed by atoms with Crippen molar-refractivity contribution >= 4 is 34.7 Å². The average molecular weight is 396 g/mol. The average Bonchev–Trinajstić information content (AvgIpc) is 2.73. The highest BCUT2D eigenvalue weighted by Crippen LogP contribution is 2.25. The Kier molecular flexibility index (Phi) is 6.29. The van der Waals surface area contributed by atoms with Gasteiger partial charge in [-0.05, 0) is 42.5 Å². The van der Waals surface area contributed by atoms with Crippen LogP contribution < -0.4 is 10.1 Å². The third-order valence-corrected chi connectivity index (χ3v) is 4.30. The summed E-state index contributed by atoms with van der Waals surface area (Å²) in [7, 11) is 1.49. The van der Waals surface area contributed by atoms with Crippen molar-refractivity contribution in [1.29, 1.82) is 0 Å². The minimum Gasteiger partial charge on any atom is -0.495 e. The number of esters is 1. The van der Waals surface area contributed by atoms with Crippen molar-refractivity contribution in [1.82, 2.24) is 0 Å². The molecule has 0 amide bonds. The Balaban J connectivity index is 1.68. The van der Waals surface area contributed by atoms with Gasteiger partial charge in [-0.1, -0.05) is 41.9 Å². The summed E-state index contributed by atoms with van der Waals surface area (Å²) in [5.41, 5.74) is 2.12. The number of halogens is 1. The van der Waals surface area contributed by atoms with Gasteiger partial charge in [-0.3, -0.25) is 4.79 Å². The van der Waals surface area contributed by atoms with E-state index >= 15 is 0 Å². The van der Waals surface area contributed by atoms with E-state index in [1.165, 1.54) is 13.2 Å². The Hall–Kier alpha value is -3.31. The van der Waals surface area contributed by atoms with Gasteiger partial charge in [-0.15, -0.1) is 0 Å². The highest BCUT2D eigenvalue weighted by Gasteiger charge is 2.16. The lowest BCUT2D eigenvalue weighted by molar-refractivity contribution is 0.0475. The van der Waals surface area contributed by atoms with Crippen molar-refractivity contribution in [2.24, 2.45) is 0 Å². The van der Waals surface area contributed by atoms with Gasteiger partial charge in [-0.25, -0.2) is 4.79 Å². The molecule has 3 rings (SSSR count). The first-order chi connectivity index (χ1) is 13.6. The number of carbonyl (C=O) groups is 2. The molecule has 0 bridgehead atoms. The molecule has 3 aromatic carbocycles. The first-order valence-electron chi connectivity index (χ1n) is 8.53. The number of hydrogen-bond acceptors (Lipinski definition) is 5. The molecular weight excluding hydrogens is 378 g/mol. The van der Waals surface area contributed by atoms with E-state index in [2.05, 4.69) is 5.32 Å². The van der Waals surface area contributed by atoms with E-state index < -0.39 is 5.97 Å². The molecule has 0 aromatic heterocycles. The molecular formula is C22H18ClNO4. The highest BCUT2D eigenvalue weighted by atomic mass is 35.5. The van der Waals surface area contributed by atoms with Gasteiger partial charge >= 0.3 is 5.97 Å². The molecule has 0 heterocycles. The van der Waals surface area contributed by atoms with Gasteiger partial charge in [0.05, 0.1) is 23.4 Å². The van der Waals surface area contributed by atoms with Crippen LogP contribution in [0.3, 0.4) is 0 Å². The largest absolute Gasteiger partial charge is 0.495 e. The zero-order valence-electron chi connectivity index (χ0n) is 15.1. The first kappa shape index (κ1) is 19.5. The zero-order valence-corrected chi connectivity index (χ0v) is 15.9. The van der Waals surface area contributed by atoms with Gasteiger partial charge in [0.25, 0.3) is 0 Å². The molecule has 0 fully saturated rings. The van der Waals surface area contributed by atoms with E-state index in [-0.39, 0.29) is 12.4 Å². The second kappa shape index (κ2) is 9.06. The minimum atomic E-state index is -0.591. The summed E-state index contributed by atoms with van der Waals surface area (Å²) in [6.45, 7) is -0.388. The monoisotopic (exact) mass is 395 g/mol. The fraction of sp³-hybridized carbons (Fsp3) is 0.0909. The Morgan fingerprint density at radius 2 is 1.68 bits per heavy atom. The van der Waals surface area contributed by atoms with E-state index in [0.717, 1.165) is 5.69 Å². The van der Waals surface area contributed by atoms with Crippen LogP contribution >= 0.6 is 11.6 Å². The van der Waals surface area contributed by atoms with Crippen molar-refractivity contribution < 1.29 is 19.1 Å². The highest BCUT2D eigenvalue weighted by molar-refractivity contribution is 6.32. The molecule has 0 aliphatic carbocycles. The maximum Gasteiger partial charge on any atom is 0.340 e. The van der Waals surface area contributed by atoms with Gasteiger partial charge in [-0.2, -0.15) is 0 Å². The summed E-state index contributed by atoms with van der Waals surface area (Å²) in [6.07, 6.45) is 0. The van der Waals surface area contributed by atoms with Crippen molar-refractivity contribution in [3.8, 4) is 5.75 Å². The van der Waals surface area contributed by atoms with Crippen LogP contribution in [0.15, 0.2) is 72.8 Å². The van der Waals surface area contributed by atoms with Crippen LogP contribution in [0.5, 0.6) is 5.75 Å². The van der Waals surface area contributed by atoms with Crippen LogP contribution in [-0.4, -0.2) is 25.5 Å². The molecule has 0 unspecified atom stereocenters. The molecule has 6 heteroatoms. The molecule has 0 aliphatic rings. The number of para-hydroxylation sites is 2. The van der Waals surface area contributed by atoms with E-state index in [1.807, 2.05) is 36.4 Å². The first-order valence-corrected chi connectivity index (χ1v) is 8.91. The molecule has 1 N–H and O–H groups in total. The van der Waals surface area contributed by atoms with Gasteiger partial charge < -0.3 is 14.8 Å². The Morgan fingerprint density at radius 1 is 0.964 bits per heavy atom. The van der Waals surface area contributed by atoms with Crippen molar-refractivity contribution in [3.63, 3.8) is 0 Å². The Bertz CT molecular complexity index is 989. The van der Waals surface area contributed by atoms with Crippen LogP contribution in [0.1, 0.15) is 20.7 Å². The van der Waals surface area contributed by atoms with Gasteiger partial charge in [0.15, 0.2) is 12.4 Å². The van der Waals surface area contributed by atoms with Gasteiger partial charge in [0.2, 0.25) is 0 Å². The maximum atomic E-state index is 12.5. The molecule has 28 heavy (non-hydrogen) atoms. The van der Waals surface area contributed by atoms with E-state index in [0.29, 0.717) is 27.6 Å². The van der Waals surface area contributed by atoms with Gasteiger partial charge in [0.1, 0.15) is 5.75 Å². The lowest BCUT2D eigenvalue weighted by Gasteiger charge is -2.12. The van der Waals surface area contributed by atoms with Crippen LogP contribution in [0.2, 0.25) is 5.02 Å². The molecule has 0 atom stereocenters. The zero-order chi connectivity index (χ0) is 19.9. The van der Waals surface area contributed by atoms with Crippen molar-refractivity contribution in [2.45, 2.75) is 0 Å². The summed E-state index contributed by atoms with van der Waals surface area (Å²) in [6, 6.07) is 21.1. The Morgan fingerprint density at radius 3 is 2.39 bits per heavy atom. The summed E-state index contributed by atoms with van der Waals surface area (Å²) in [4.78, 5) is 24.8. The van der Waals surface area contributed by atoms with Crippen LogP contribution in [0, 0.1) is 0 Å². The third kappa shape index (κ3) is 4.69. The number of ketones is 1. The normalized spacial score (nSPS) is 10.2. The van der Waals surface area contributed by atoms with E-state index in [4.69, 9.17) is 21.1 Å². The molecule has 0 radical (unpaired) electrons. The molecule has 3 aromatic rings. The number of nitrogens with one attached hydrogen (secondary N) is 1. The standard InChI is InChI=1S/C22H18ClNO4/c1-27-21-12-11-15(13-18(21)23)20(25)14-28-22(26)17-9-5-6-10-19(17)24-16-7-3-2-4-8-16/h2-13,24H,14H2,1H3. The number of hydrogen-bond donors (Lipinski definition) is 1. The van der Waals surface area contributed by atoms with E-state index in [9.17, 15) is 9.59 Å². The van der Waals surface area contributed by atoms with Gasteiger partial charge in [0, 0.05) is 11.3 Å². The number of carbonyl (C=O) groups excluding carboxylic acids is 2. The van der Waals surface area contributed by atoms with Crippen molar-refractivity contribution in [2.75, 3.05) is 19.0 Å². The number of anilines is 2. The smallest absolute Gasteiger partial charge is 0.340 e. The fourth-order valence-electron chi connectivity index (χ4n) is 2.58. The molecule has 0 aliphatic heterocycles. The van der Waals surface area contributed by atoms with Crippen LogP contribution in [0.25, 0.3) is 0 Å². The molecule has 142 valence electrons. The molecule has 0 saturated carbocycles. The second-order valence-electron chi connectivity index (χ2n) is 5.89. The number of ether oxygens (including phenoxy) is 2. The lowest BCUT2D eigenvalue weighted by atomic mass is 10.1. The minimum absolute atomic E-state index is 0.317. The summed E-state index contributed by atoms with van der Waals surface area (Å²) in [5.74, 6) is -0.477. The predicted molar refractivity (Wildman–Crippen MR) is 109 cm³/mol. The summed E-state index contributed by atoms with van der Waals surface area (Å²) >= 11 is 6.04.